The van der Waals surface area contributed by atoms with Crippen molar-refractivity contribution in [3.8, 4) is 90.1 Å². The SMILES string of the molecule is c1ccc(-c2cc(-c3ccccn3)nc(-c3ncccc3-c3cccc(-c4ccccc4-c4nc(-c5ccccc5)cc(-c5ccccc5)n4)c3)c2)cc1. The second-order valence-corrected chi connectivity index (χ2v) is 12.9. The predicted octanol–water partition coefficient (Wildman–Crippen LogP) is 12.0. The van der Waals surface area contributed by atoms with E-state index in [0.717, 1.165) is 84.2 Å². The molecule has 254 valence electrons. The van der Waals surface area contributed by atoms with Gasteiger partial charge in [0, 0.05) is 34.6 Å². The summed E-state index contributed by atoms with van der Waals surface area (Å²) in [6.45, 7) is 0. The molecule has 5 heteroatoms. The molecule has 0 radical (unpaired) electrons. The van der Waals surface area contributed by atoms with Gasteiger partial charge in [0.05, 0.1) is 34.2 Å². The second kappa shape index (κ2) is 14.7. The molecule has 0 saturated carbocycles. The summed E-state index contributed by atoms with van der Waals surface area (Å²) in [6, 6.07) is 64.2. The fraction of sp³-hybridized carbons (Fsp3) is 0. The highest BCUT2D eigenvalue weighted by atomic mass is 14.9. The average Bonchev–Trinajstić information content (AvgIpc) is 3.27. The molecule has 0 bridgehead atoms. The number of rotatable bonds is 8. The van der Waals surface area contributed by atoms with E-state index in [-0.39, 0.29) is 0 Å². The molecule has 0 fully saturated rings. The Morgan fingerprint density at radius 2 is 0.796 bits per heavy atom. The molecule has 0 aliphatic carbocycles. The standard InChI is InChI=1S/C49H33N5/c1-4-16-34(17-5-1)39-31-46(43-27-12-13-28-50-43)52-47(32-39)48-41(26-15-29-51-48)38-23-14-22-37(30-38)40-24-10-11-25-42(40)49-53-44(35-18-6-2-7-19-35)33-45(54-49)36-20-8-3-9-21-36/h1-33H. The molecular formula is C49H33N5. The number of hydrogen-bond donors (Lipinski definition) is 0. The Balaban J connectivity index is 1.16. The highest BCUT2D eigenvalue weighted by Gasteiger charge is 2.17. The van der Waals surface area contributed by atoms with Crippen molar-refractivity contribution in [1.29, 1.82) is 0 Å². The van der Waals surface area contributed by atoms with Crippen molar-refractivity contribution in [1.82, 2.24) is 24.9 Å². The zero-order valence-corrected chi connectivity index (χ0v) is 29.3. The van der Waals surface area contributed by atoms with Gasteiger partial charge in [-0.05, 0) is 70.3 Å². The first kappa shape index (κ1) is 32.5. The van der Waals surface area contributed by atoms with Gasteiger partial charge in [0.1, 0.15) is 0 Å². The van der Waals surface area contributed by atoms with Gasteiger partial charge in [0.2, 0.25) is 0 Å². The van der Waals surface area contributed by atoms with Gasteiger partial charge in [-0.2, -0.15) is 0 Å². The fourth-order valence-corrected chi connectivity index (χ4v) is 6.80. The quantitative estimate of drug-likeness (QED) is 0.159. The lowest BCUT2D eigenvalue weighted by Gasteiger charge is -2.15. The van der Waals surface area contributed by atoms with Gasteiger partial charge in [-0.15, -0.1) is 0 Å². The topological polar surface area (TPSA) is 64.5 Å². The second-order valence-electron chi connectivity index (χ2n) is 12.9. The summed E-state index contributed by atoms with van der Waals surface area (Å²) in [5.41, 5.74) is 14.2. The molecular weight excluding hydrogens is 659 g/mol. The van der Waals surface area contributed by atoms with Crippen LogP contribution in [-0.4, -0.2) is 24.9 Å². The molecule has 4 heterocycles. The molecule has 9 aromatic rings. The normalized spacial score (nSPS) is 11.0. The lowest BCUT2D eigenvalue weighted by Crippen LogP contribution is -1.98. The molecule has 0 aliphatic heterocycles. The van der Waals surface area contributed by atoms with Crippen molar-refractivity contribution in [2.75, 3.05) is 0 Å². The minimum Gasteiger partial charge on any atom is -0.255 e. The summed E-state index contributed by atoms with van der Waals surface area (Å²) < 4.78 is 0. The van der Waals surface area contributed by atoms with E-state index in [0.29, 0.717) is 5.82 Å². The van der Waals surface area contributed by atoms with Crippen LogP contribution in [0.3, 0.4) is 0 Å². The minimum absolute atomic E-state index is 0.669. The van der Waals surface area contributed by atoms with Crippen LogP contribution in [0.5, 0.6) is 0 Å². The number of pyridine rings is 3. The van der Waals surface area contributed by atoms with Crippen LogP contribution in [-0.2, 0) is 0 Å². The van der Waals surface area contributed by atoms with Gasteiger partial charge in [-0.25, -0.2) is 15.0 Å². The van der Waals surface area contributed by atoms with Crippen molar-refractivity contribution in [2.45, 2.75) is 0 Å². The molecule has 0 atom stereocenters. The number of hydrogen-bond acceptors (Lipinski definition) is 5. The zero-order valence-electron chi connectivity index (χ0n) is 29.3. The van der Waals surface area contributed by atoms with E-state index in [1.807, 2.05) is 79.0 Å². The van der Waals surface area contributed by atoms with Crippen molar-refractivity contribution < 1.29 is 0 Å². The van der Waals surface area contributed by atoms with E-state index in [2.05, 4.69) is 120 Å². The maximum absolute atomic E-state index is 5.15. The first-order valence-electron chi connectivity index (χ1n) is 17.9. The smallest absolute Gasteiger partial charge is 0.161 e. The van der Waals surface area contributed by atoms with Crippen molar-refractivity contribution in [2.24, 2.45) is 0 Å². The first-order valence-corrected chi connectivity index (χ1v) is 17.9. The van der Waals surface area contributed by atoms with Gasteiger partial charge < -0.3 is 0 Å². The minimum atomic E-state index is 0.669. The van der Waals surface area contributed by atoms with Gasteiger partial charge in [0.25, 0.3) is 0 Å². The average molecular weight is 692 g/mol. The Morgan fingerprint density at radius 3 is 1.46 bits per heavy atom. The molecule has 9 rings (SSSR count). The summed E-state index contributed by atoms with van der Waals surface area (Å²) in [5.74, 6) is 0.669. The maximum Gasteiger partial charge on any atom is 0.161 e. The van der Waals surface area contributed by atoms with Gasteiger partial charge in [0.15, 0.2) is 5.82 Å². The molecule has 5 aromatic carbocycles. The Bertz CT molecular complexity index is 2400. The molecule has 0 spiro atoms. The summed E-state index contributed by atoms with van der Waals surface area (Å²) in [6.07, 6.45) is 3.63. The largest absolute Gasteiger partial charge is 0.255 e. The molecule has 0 aliphatic rings. The third kappa shape index (κ3) is 6.70. The monoisotopic (exact) mass is 691 g/mol. The van der Waals surface area contributed by atoms with Crippen LogP contribution in [0.25, 0.3) is 90.1 Å². The Kier molecular flexibility index (Phi) is 8.86. The van der Waals surface area contributed by atoms with Crippen LogP contribution in [0.15, 0.2) is 200 Å². The van der Waals surface area contributed by atoms with E-state index in [4.69, 9.17) is 19.9 Å². The lowest BCUT2D eigenvalue weighted by molar-refractivity contribution is 1.18. The fourth-order valence-electron chi connectivity index (χ4n) is 6.80. The molecule has 0 saturated heterocycles. The Hall–Kier alpha value is -7.37. The molecule has 5 nitrogen and oxygen atoms in total. The Morgan fingerprint density at radius 1 is 0.259 bits per heavy atom. The number of benzene rings is 5. The summed E-state index contributed by atoms with van der Waals surface area (Å²) in [5, 5.41) is 0. The van der Waals surface area contributed by atoms with Crippen molar-refractivity contribution >= 4 is 0 Å². The lowest BCUT2D eigenvalue weighted by atomic mass is 9.94. The number of nitrogens with zero attached hydrogens (tertiary/aromatic N) is 5. The van der Waals surface area contributed by atoms with Gasteiger partial charge >= 0.3 is 0 Å². The van der Waals surface area contributed by atoms with Gasteiger partial charge in [-0.3, -0.25) is 9.97 Å². The highest BCUT2D eigenvalue weighted by molar-refractivity contribution is 5.88. The third-order valence-corrected chi connectivity index (χ3v) is 9.43. The molecule has 0 N–H and O–H groups in total. The molecule has 0 unspecified atom stereocenters. The summed E-state index contributed by atoms with van der Waals surface area (Å²) in [4.78, 5) is 25.0. The van der Waals surface area contributed by atoms with Gasteiger partial charge in [-0.1, -0.05) is 146 Å². The highest BCUT2D eigenvalue weighted by Crippen LogP contribution is 2.38. The van der Waals surface area contributed by atoms with E-state index in [9.17, 15) is 0 Å². The third-order valence-electron chi connectivity index (χ3n) is 9.43. The predicted molar refractivity (Wildman–Crippen MR) is 219 cm³/mol. The Labute approximate surface area is 314 Å². The van der Waals surface area contributed by atoms with Crippen LogP contribution in [0.2, 0.25) is 0 Å². The maximum atomic E-state index is 5.15. The van der Waals surface area contributed by atoms with E-state index in [1.165, 1.54) is 0 Å². The van der Waals surface area contributed by atoms with Crippen LogP contribution in [0.1, 0.15) is 0 Å². The molecule has 0 amide bonds. The van der Waals surface area contributed by atoms with Crippen LogP contribution >= 0.6 is 0 Å². The molecule has 4 aromatic heterocycles. The van der Waals surface area contributed by atoms with Crippen molar-refractivity contribution in [3.05, 3.63) is 200 Å². The number of aromatic nitrogens is 5. The van der Waals surface area contributed by atoms with Crippen LogP contribution in [0.4, 0.5) is 0 Å². The van der Waals surface area contributed by atoms with Crippen molar-refractivity contribution in [3.63, 3.8) is 0 Å². The van der Waals surface area contributed by atoms with Crippen LogP contribution in [0, 0.1) is 0 Å². The van der Waals surface area contributed by atoms with E-state index in [1.54, 1.807) is 6.20 Å². The van der Waals surface area contributed by atoms with E-state index >= 15 is 0 Å². The first-order chi connectivity index (χ1) is 26.8. The van der Waals surface area contributed by atoms with E-state index < -0.39 is 0 Å². The zero-order chi connectivity index (χ0) is 36.1. The summed E-state index contributed by atoms with van der Waals surface area (Å²) >= 11 is 0. The summed E-state index contributed by atoms with van der Waals surface area (Å²) in [7, 11) is 0. The molecule has 54 heavy (non-hydrogen) atoms. The van der Waals surface area contributed by atoms with Crippen LogP contribution < -0.4 is 0 Å².